The predicted molar refractivity (Wildman–Crippen MR) is 74.8 cm³/mol. The molecule has 1 aromatic rings. The average molecular weight is 307 g/mol. The number of sulfonamides is 1. The number of unbranched alkanes of at least 4 members (excludes halogenated alkanes) is 1. The van der Waals surface area contributed by atoms with Crippen LogP contribution in [0.3, 0.4) is 0 Å². The van der Waals surface area contributed by atoms with E-state index in [0.717, 1.165) is 19.4 Å². The fourth-order valence-corrected chi connectivity index (χ4v) is 2.69. The highest BCUT2D eigenvalue weighted by Crippen LogP contribution is 2.12. The van der Waals surface area contributed by atoms with Crippen molar-refractivity contribution in [2.75, 3.05) is 19.8 Å². The zero-order valence-electron chi connectivity index (χ0n) is 10.9. The van der Waals surface area contributed by atoms with Crippen LogP contribution in [0.1, 0.15) is 26.2 Å². The van der Waals surface area contributed by atoms with E-state index in [2.05, 4.69) is 16.6 Å². The van der Waals surface area contributed by atoms with Gasteiger partial charge in [0, 0.05) is 26.0 Å². The maximum Gasteiger partial charge on any atom is 0.240 e. The molecule has 0 spiro atoms. The van der Waals surface area contributed by atoms with Gasteiger partial charge in [-0.2, -0.15) is 0 Å². The van der Waals surface area contributed by atoms with Crippen molar-refractivity contribution in [2.24, 2.45) is 0 Å². The SMILES string of the molecule is CCCCOCCCNS(=O)(=O)c1ccnc(Cl)c1. The lowest BCUT2D eigenvalue weighted by Gasteiger charge is -2.07. The first-order chi connectivity index (χ1) is 9.06. The molecule has 5 nitrogen and oxygen atoms in total. The second kappa shape index (κ2) is 8.47. The van der Waals surface area contributed by atoms with E-state index in [9.17, 15) is 8.42 Å². The summed E-state index contributed by atoms with van der Waals surface area (Å²) in [5.74, 6) is 0. The zero-order valence-corrected chi connectivity index (χ0v) is 12.5. The summed E-state index contributed by atoms with van der Waals surface area (Å²) in [5.41, 5.74) is 0. The van der Waals surface area contributed by atoms with Crippen LogP contribution in [0.2, 0.25) is 5.15 Å². The Balaban J connectivity index is 2.32. The van der Waals surface area contributed by atoms with Crippen LogP contribution in [0.15, 0.2) is 23.2 Å². The third-order valence-electron chi connectivity index (χ3n) is 2.41. The summed E-state index contributed by atoms with van der Waals surface area (Å²) >= 11 is 5.66. The van der Waals surface area contributed by atoms with Crippen molar-refractivity contribution in [3.63, 3.8) is 0 Å². The Morgan fingerprint density at radius 1 is 1.37 bits per heavy atom. The molecule has 0 aromatic carbocycles. The van der Waals surface area contributed by atoms with Gasteiger partial charge < -0.3 is 4.74 Å². The molecule has 1 heterocycles. The van der Waals surface area contributed by atoms with E-state index in [1.165, 1.54) is 18.3 Å². The molecule has 0 saturated carbocycles. The van der Waals surface area contributed by atoms with Crippen LogP contribution in [0.4, 0.5) is 0 Å². The Labute approximate surface area is 119 Å². The van der Waals surface area contributed by atoms with E-state index in [1.807, 2.05) is 0 Å². The second-order valence-electron chi connectivity index (χ2n) is 4.03. The maximum atomic E-state index is 11.9. The summed E-state index contributed by atoms with van der Waals surface area (Å²) in [4.78, 5) is 3.87. The minimum atomic E-state index is -3.51. The molecule has 0 aliphatic carbocycles. The molecule has 7 heteroatoms. The number of aromatic nitrogens is 1. The van der Waals surface area contributed by atoms with E-state index >= 15 is 0 Å². The van der Waals surface area contributed by atoms with Gasteiger partial charge in [0.05, 0.1) is 4.90 Å². The van der Waals surface area contributed by atoms with Crippen molar-refractivity contribution in [1.29, 1.82) is 0 Å². The molecule has 108 valence electrons. The predicted octanol–water partition coefficient (Wildman–Crippen LogP) is 2.22. The smallest absolute Gasteiger partial charge is 0.240 e. The second-order valence-corrected chi connectivity index (χ2v) is 6.19. The van der Waals surface area contributed by atoms with Gasteiger partial charge in [-0.25, -0.2) is 18.1 Å². The van der Waals surface area contributed by atoms with Gasteiger partial charge >= 0.3 is 0 Å². The molecule has 0 atom stereocenters. The van der Waals surface area contributed by atoms with Gasteiger partial charge in [-0.05, 0) is 25.0 Å². The summed E-state index contributed by atoms with van der Waals surface area (Å²) in [6, 6.07) is 2.73. The van der Waals surface area contributed by atoms with Gasteiger partial charge in [-0.3, -0.25) is 0 Å². The zero-order chi connectivity index (χ0) is 14.1. The number of nitrogens with one attached hydrogen (secondary N) is 1. The molecule has 0 amide bonds. The van der Waals surface area contributed by atoms with Crippen LogP contribution in [0.25, 0.3) is 0 Å². The topological polar surface area (TPSA) is 68.3 Å². The maximum absolute atomic E-state index is 11.9. The summed E-state index contributed by atoms with van der Waals surface area (Å²) in [6.07, 6.45) is 4.13. The highest BCUT2D eigenvalue weighted by Gasteiger charge is 2.13. The fourth-order valence-electron chi connectivity index (χ4n) is 1.36. The molecule has 1 N–H and O–H groups in total. The molecular weight excluding hydrogens is 288 g/mol. The normalized spacial score (nSPS) is 11.7. The van der Waals surface area contributed by atoms with E-state index < -0.39 is 10.0 Å². The highest BCUT2D eigenvalue weighted by molar-refractivity contribution is 7.89. The summed E-state index contributed by atoms with van der Waals surface area (Å²) in [5, 5.41) is 0.158. The first-order valence-electron chi connectivity index (χ1n) is 6.25. The first kappa shape index (κ1) is 16.4. The van der Waals surface area contributed by atoms with E-state index in [0.29, 0.717) is 19.6 Å². The molecule has 0 radical (unpaired) electrons. The fraction of sp³-hybridized carbons (Fsp3) is 0.583. The van der Waals surface area contributed by atoms with Crippen LogP contribution in [-0.2, 0) is 14.8 Å². The largest absolute Gasteiger partial charge is 0.381 e. The van der Waals surface area contributed by atoms with Gasteiger partial charge in [0.1, 0.15) is 5.15 Å². The monoisotopic (exact) mass is 306 g/mol. The quantitative estimate of drug-likeness (QED) is 0.561. The molecule has 0 aliphatic rings. The Hall–Kier alpha value is -0.690. The van der Waals surface area contributed by atoms with Gasteiger partial charge in [-0.1, -0.05) is 24.9 Å². The Kier molecular flexibility index (Phi) is 7.30. The van der Waals surface area contributed by atoms with Crippen molar-refractivity contribution < 1.29 is 13.2 Å². The minimum Gasteiger partial charge on any atom is -0.381 e. The summed E-state index contributed by atoms with van der Waals surface area (Å²) < 4.78 is 31.6. The summed E-state index contributed by atoms with van der Waals surface area (Å²) in [6.45, 7) is 3.72. The van der Waals surface area contributed by atoms with Gasteiger partial charge in [0.2, 0.25) is 10.0 Å². The van der Waals surface area contributed by atoms with E-state index in [-0.39, 0.29) is 10.0 Å². The lowest BCUT2D eigenvalue weighted by molar-refractivity contribution is 0.130. The number of ether oxygens (including phenoxy) is 1. The Morgan fingerprint density at radius 3 is 2.79 bits per heavy atom. The van der Waals surface area contributed by atoms with E-state index in [1.54, 1.807) is 0 Å². The molecule has 0 fully saturated rings. The van der Waals surface area contributed by atoms with Crippen LogP contribution < -0.4 is 4.72 Å². The Morgan fingerprint density at radius 2 is 2.11 bits per heavy atom. The molecular formula is C12H19ClN2O3S. The standard InChI is InChI=1S/C12H19ClN2O3S/c1-2-3-8-18-9-4-6-15-19(16,17)11-5-7-14-12(13)10-11/h5,7,10,15H,2-4,6,8-9H2,1H3. The molecule has 1 rings (SSSR count). The molecule has 1 aromatic heterocycles. The van der Waals surface area contributed by atoms with Crippen molar-refractivity contribution in [3.8, 4) is 0 Å². The van der Waals surface area contributed by atoms with Crippen LogP contribution in [0, 0.1) is 0 Å². The number of pyridine rings is 1. The third-order valence-corrected chi connectivity index (χ3v) is 4.07. The molecule has 19 heavy (non-hydrogen) atoms. The van der Waals surface area contributed by atoms with Crippen molar-refractivity contribution in [1.82, 2.24) is 9.71 Å². The van der Waals surface area contributed by atoms with Gasteiger partial charge in [0.25, 0.3) is 0 Å². The Bertz CT molecular complexity index is 480. The van der Waals surface area contributed by atoms with Crippen LogP contribution in [-0.4, -0.2) is 33.2 Å². The van der Waals surface area contributed by atoms with Gasteiger partial charge in [0.15, 0.2) is 0 Å². The number of halogens is 1. The van der Waals surface area contributed by atoms with Crippen LogP contribution >= 0.6 is 11.6 Å². The first-order valence-corrected chi connectivity index (χ1v) is 8.11. The number of hydrogen-bond acceptors (Lipinski definition) is 4. The average Bonchev–Trinajstić information content (AvgIpc) is 2.38. The highest BCUT2D eigenvalue weighted by atomic mass is 35.5. The molecule has 0 unspecified atom stereocenters. The number of hydrogen-bond donors (Lipinski definition) is 1. The lowest BCUT2D eigenvalue weighted by Crippen LogP contribution is -2.25. The minimum absolute atomic E-state index is 0.124. The third kappa shape index (κ3) is 6.33. The van der Waals surface area contributed by atoms with Crippen molar-refractivity contribution >= 4 is 21.6 Å². The van der Waals surface area contributed by atoms with Crippen LogP contribution in [0.5, 0.6) is 0 Å². The van der Waals surface area contributed by atoms with Crippen molar-refractivity contribution in [2.45, 2.75) is 31.1 Å². The molecule has 0 bridgehead atoms. The van der Waals surface area contributed by atoms with Crippen molar-refractivity contribution in [3.05, 3.63) is 23.5 Å². The molecule has 0 aliphatic heterocycles. The number of nitrogens with zero attached hydrogens (tertiary/aromatic N) is 1. The summed E-state index contributed by atoms with van der Waals surface area (Å²) in [7, 11) is -3.51. The van der Waals surface area contributed by atoms with Gasteiger partial charge in [-0.15, -0.1) is 0 Å². The number of rotatable bonds is 9. The van der Waals surface area contributed by atoms with E-state index in [4.69, 9.17) is 16.3 Å². The lowest BCUT2D eigenvalue weighted by atomic mass is 10.4. The molecule has 0 saturated heterocycles.